The number of hydrogen-bond acceptors (Lipinski definition) is 7. The van der Waals surface area contributed by atoms with Crippen molar-refractivity contribution in [3.63, 3.8) is 0 Å². The van der Waals surface area contributed by atoms with E-state index in [9.17, 15) is 0 Å². The van der Waals surface area contributed by atoms with Crippen molar-refractivity contribution in [3.05, 3.63) is 29.2 Å². The minimum Gasteiger partial charge on any atom is -0.329 e. The molecule has 0 spiro atoms. The van der Waals surface area contributed by atoms with E-state index in [1.54, 1.807) is 23.1 Å². The number of thioether (sulfide) groups is 1. The Morgan fingerprint density at radius 2 is 2.33 bits per heavy atom. The van der Waals surface area contributed by atoms with Crippen molar-refractivity contribution in [1.29, 1.82) is 0 Å². The maximum Gasteiger partial charge on any atom is 0.174 e. The van der Waals surface area contributed by atoms with Gasteiger partial charge >= 0.3 is 0 Å². The number of aryl methyl sites for hydroxylation is 3. The molecule has 0 saturated heterocycles. The molecule has 1 aliphatic heterocycles. The maximum atomic E-state index is 4.75. The third-order valence-corrected chi connectivity index (χ3v) is 5.85. The molecule has 3 aromatic heterocycles. The van der Waals surface area contributed by atoms with Gasteiger partial charge in [-0.2, -0.15) is 5.10 Å². The van der Waals surface area contributed by atoms with Crippen molar-refractivity contribution in [2.45, 2.75) is 37.3 Å². The van der Waals surface area contributed by atoms with Crippen molar-refractivity contribution in [2.24, 2.45) is 0 Å². The summed E-state index contributed by atoms with van der Waals surface area (Å²) in [6, 6.07) is 2.15. The average Bonchev–Trinajstić information content (AvgIpc) is 3.26. The molecule has 4 rings (SSSR count). The van der Waals surface area contributed by atoms with E-state index in [1.165, 1.54) is 5.69 Å². The van der Waals surface area contributed by atoms with Crippen LogP contribution in [0.2, 0.25) is 0 Å². The van der Waals surface area contributed by atoms with Crippen molar-refractivity contribution >= 4 is 23.1 Å². The zero-order chi connectivity index (χ0) is 16.4. The fourth-order valence-electron chi connectivity index (χ4n) is 2.76. The Balaban J connectivity index is 1.46. The summed E-state index contributed by atoms with van der Waals surface area (Å²) in [5, 5.41) is 17.4. The van der Waals surface area contributed by atoms with E-state index in [2.05, 4.69) is 35.8 Å². The molecule has 0 radical (unpaired) electrons. The lowest BCUT2D eigenvalue weighted by molar-refractivity contribution is 0.587. The zero-order valence-corrected chi connectivity index (χ0v) is 15.1. The second kappa shape index (κ2) is 7.04. The zero-order valence-electron chi connectivity index (χ0n) is 13.5. The highest BCUT2D eigenvalue weighted by Crippen LogP contribution is 2.23. The Labute approximate surface area is 148 Å². The van der Waals surface area contributed by atoms with E-state index in [0.29, 0.717) is 0 Å². The smallest absolute Gasteiger partial charge is 0.174 e. The van der Waals surface area contributed by atoms with E-state index in [4.69, 9.17) is 5.10 Å². The number of rotatable bonds is 5. The first-order valence-electron chi connectivity index (χ1n) is 8.01. The van der Waals surface area contributed by atoms with Crippen LogP contribution in [-0.4, -0.2) is 41.8 Å². The molecule has 0 atom stereocenters. The van der Waals surface area contributed by atoms with Crippen molar-refractivity contribution in [2.75, 3.05) is 12.3 Å². The van der Waals surface area contributed by atoms with Gasteiger partial charge in [0.05, 0.1) is 5.69 Å². The van der Waals surface area contributed by atoms with Crippen molar-refractivity contribution < 1.29 is 0 Å². The lowest BCUT2D eigenvalue weighted by Gasteiger charge is -2.05. The minimum absolute atomic E-state index is 0.874. The van der Waals surface area contributed by atoms with E-state index >= 15 is 0 Å². The van der Waals surface area contributed by atoms with Gasteiger partial charge in [-0.1, -0.05) is 23.1 Å². The lowest BCUT2D eigenvalue weighted by atomic mass is 10.3. The summed E-state index contributed by atoms with van der Waals surface area (Å²) >= 11 is 3.37. The molecule has 0 fully saturated rings. The van der Waals surface area contributed by atoms with Gasteiger partial charge < -0.3 is 9.88 Å². The normalized spacial score (nSPS) is 14.5. The largest absolute Gasteiger partial charge is 0.329 e. The fourth-order valence-corrected chi connectivity index (χ4v) is 4.59. The Hall–Kier alpha value is -1.71. The van der Waals surface area contributed by atoms with Gasteiger partial charge in [0.2, 0.25) is 0 Å². The molecule has 0 aliphatic carbocycles. The summed E-state index contributed by atoms with van der Waals surface area (Å²) < 4.78 is 5.29. The van der Waals surface area contributed by atoms with Gasteiger partial charge in [-0.3, -0.25) is 4.68 Å². The van der Waals surface area contributed by atoms with E-state index in [0.717, 1.165) is 59.2 Å². The molecular weight excluding hydrogens is 342 g/mol. The predicted molar refractivity (Wildman–Crippen MR) is 95.1 cm³/mol. The van der Waals surface area contributed by atoms with Crippen LogP contribution in [0.3, 0.4) is 0 Å². The van der Waals surface area contributed by atoms with Crippen molar-refractivity contribution in [1.82, 2.24) is 34.8 Å². The first-order chi connectivity index (χ1) is 11.8. The Morgan fingerprint density at radius 1 is 1.38 bits per heavy atom. The first kappa shape index (κ1) is 15.8. The maximum absolute atomic E-state index is 4.75. The third kappa shape index (κ3) is 3.38. The molecule has 0 amide bonds. The van der Waals surface area contributed by atoms with Crippen LogP contribution in [0, 0.1) is 6.92 Å². The molecule has 24 heavy (non-hydrogen) atoms. The summed E-state index contributed by atoms with van der Waals surface area (Å²) in [4.78, 5) is 4.52. The van der Waals surface area contributed by atoms with E-state index < -0.39 is 0 Å². The SMILES string of the molecule is Cc1nnc(SCCn2ccnc2-c2cc3n(n2)CCCNC3)s1. The van der Waals surface area contributed by atoms with E-state index in [1.807, 2.05) is 19.3 Å². The van der Waals surface area contributed by atoms with Gasteiger partial charge in [0.15, 0.2) is 10.2 Å². The Kier molecular flexibility index (Phi) is 4.63. The van der Waals surface area contributed by atoms with Crippen LogP contribution in [0.15, 0.2) is 22.8 Å². The quantitative estimate of drug-likeness (QED) is 0.702. The van der Waals surface area contributed by atoms with Crippen LogP contribution in [0.4, 0.5) is 0 Å². The molecule has 0 bridgehead atoms. The molecule has 0 unspecified atom stereocenters. The number of nitrogens with one attached hydrogen (secondary N) is 1. The third-order valence-electron chi connectivity index (χ3n) is 3.90. The Bertz CT molecular complexity index is 796. The average molecular weight is 362 g/mol. The summed E-state index contributed by atoms with van der Waals surface area (Å²) in [6.07, 6.45) is 4.97. The number of fused-ring (bicyclic) bond motifs is 1. The van der Waals surface area contributed by atoms with Crippen LogP contribution in [0.5, 0.6) is 0 Å². The molecule has 9 heteroatoms. The van der Waals surface area contributed by atoms with Crippen LogP contribution < -0.4 is 5.32 Å². The highest BCUT2D eigenvalue weighted by Gasteiger charge is 2.15. The van der Waals surface area contributed by atoms with Crippen LogP contribution in [-0.2, 0) is 19.6 Å². The number of aromatic nitrogens is 6. The Morgan fingerprint density at radius 3 is 3.21 bits per heavy atom. The second-order valence-corrected chi connectivity index (χ2v) is 8.18. The van der Waals surface area contributed by atoms with Gasteiger partial charge in [-0.25, -0.2) is 4.98 Å². The molecule has 4 heterocycles. The van der Waals surface area contributed by atoms with Crippen molar-refractivity contribution in [3.8, 4) is 11.5 Å². The summed E-state index contributed by atoms with van der Waals surface area (Å²) in [5.41, 5.74) is 2.19. The first-order valence-corrected chi connectivity index (χ1v) is 9.81. The van der Waals surface area contributed by atoms with Gasteiger partial charge in [-0.05, 0) is 26.0 Å². The number of nitrogens with zero attached hydrogens (tertiary/aromatic N) is 6. The van der Waals surface area contributed by atoms with Crippen LogP contribution >= 0.6 is 23.1 Å². The summed E-state index contributed by atoms with van der Waals surface area (Å²) in [5.74, 6) is 1.87. The van der Waals surface area contributed by atoms with Crippen LogP contribution in [0.1, 0.15) is 17.1 Å². The molecule has 1 N–H and O–H groups in total. The van der Waals surface area contributed by atoms with Gasteiger partial charge in [0.1, 0.15) is 10.7 Å². The van der Waals surface area contributed by atoms with Gasteiger partial charge in [-0.15, -0.1) is 10.2 Å². The molecule has 0 aromatic carbocycles. The number of imidazole rings is 1. The molecule has 1 aliphatic rings. The fraction of sp³-hybridized carbons (Fsp3) is 0.467. The lowest BCUT2D eigenvalue weighted by Crippen LogP contribution is -2.11. The molecule has 3 aromatic rings. The molecule has 126 valence electrons. The van der Waals surface area contributed by atoms with Crippen LogP contribution in [0.25, 0.3) is 11.5 Å². The second-order valence-electron chi connectivity index (χ2n) is 5.65. The molecule has 0 saturated carbocycles. The highest BCUT2D eigenvalue weighted by atomic mass is 32.2. The standard InChI is InChI=1S/C15H19N7S2/c1-11-18-19-15(24-11)23-8-7-21-6-4-17-14(21)13-9-12-10-16-3-2-5-22(12)20-13/h4,6,9,16H,2-3,5,7-8,10H2,1H3. The molecule has 7 nitrogen and oxygen atoms in total. The van der Waals surface area contributed by atoms with Gasteiger partial charge in [0, 0.05) is 37.8 Å². The topological polar surface area (TPSA) is 73.5 Å². The monoisotopic (exact) mass is 361 g/mol. The summed E-state index contributed by atoms with van der Waals surface area (Å²) in [6.45, 7) is 5.75. The minimum atomic E-state index is 0.874. The highest BCUT2D eigenvalue weighted by molar-refractivity contribution is 8.01. The molecular formula is C15H19N7S2. The summed E-state index contributed by atoms with van der Waals surface area (Å²) in [7, 11) is 0. The predicted octanol–water partition coefficient (Wildman–Crippen LogP) is 2.19. The number of hydrogen-bond donors (Lipinski definition) is 1. The van der Waals surface area contributed by atoms with E-state index in [-0.39, 0.29) is 0 Å². The van der Waals surface area contributed by atoms with Gasteiger partial charge in [0.25, 0.3) is 0 Å².